The van der Waals surface area contributed by atoms with Crippen LogP contribution < -0.4 is 9.47 Å². The Morgan fingerprint density at radius 2 is 1.60 bits per heavy atom. The van der Waals surface area contributed by atoms with E-state index in [0.29, 0.717) is 37.2 Å². The largest absolute Gasteiger partial charge is 0.493 e. The van der Waals surface area contributed by atoms with Crippen molar-refractivity contribution in [2.24, 2.45) is 0 Å². The van der Waals surface area contributed by atoms with Crippen LogP contribution in [0.2, 0.25) is 0 Å². The lowest BCUT2D eigenvalue weighted by Gasteiger charge is -2.13. The second-order valence-electron chi connectivity index (χ2n) is 5.73. The lowest BCUT2D eigenvalue weighted by Crippen LogP contribution is -2.06. The molecule has 132 valence electrons. The zero-order valence-electron chi connectivity index (χ0n) is 14.7. The highest BCUT2D eigenvalue weighted by atomic mass is 16.6. The Balaban J connectivity index is 1.55. The number of benzene rings is 1. The monoisotopic (exact) mass is 344 g/mol. The van der Waals surface area contributed by atoms with Crippen LogP contribution in [0.3, 0.4) is 0 Å². The highest BCUT2D eigenvalue weighted by molar-refractivity contribution is 5.60. The third kappa shape index (κ3) is 4.14. The number of hydrogen-bond donors (Lipinski definition) is 0. The van der Waals surface area contributed by atoms with Gasteiger partial charge in [-0.3, -0.25) is 4.52 Å². The highest BCUT2D eigenvalue weighted by Gasteiger charge is 2.12. The molecule has 0 saturated carbocycles. The van der Waals surface area contributed by atoms with Gasteiger partial charge in [-0.05, 0) is 44.0 Å². The average molecular weight is 344 g/mol. The summed E-state index contributed by atoms with van der Waals surface area (Å²) in [6.07, 6.45) is 0.885. The van der Waals surface area contributed by atoms with E-state index in [0.717, 1.165) is 22.4 Å². The van der Waals surface area contributed by atoms with Crippen LogP contribution in [0.15, 0.2) is 21.2 Å². The molecule has 2 aromatic heterocycles. The van der Waals surface area contributed by atoms with E-state index in [1.54, 1.807) is 13.8 Å². The van der Waals surface area contributed by atoms with Gasteiger partial charge in [0.15, 0.2) is 5.82 Å². The zero-order chi connectivity index (χ0) is 17.8. The van der Waals surface area contributed by atoms with Gasteiger partial charge in [0.25, 0.3) is 0 Å². The first-order valence-electron chi connectivity index (χ1n) is 8.01. The quantitative estimate of drug-likeness (QED) is 0.603. The van der Waals surface area contributed by atoms with E-state index in [4.69, 9.17) is 18.5 Å². The van der Waals surface area contributed by atoms with Gasteiger partial charge in [-0.15, -0.1) is 0 Å². The molecule has 0 atom stereocenters. The third-order valence-electron chi connectivity index (χ3n) is 3.52. The van der Waals surface area contributed by atoms with E-state index in [9.17, 15) is 0 Å². The number of ether oxygens (including phenoxy) is 2. The molecule has 1 aromatic carbocycles. The molecule has 25 heavy (non-hydrogen) atoms. The Morgan fingerprint density at radius 1 is 0.880 bits per heavy atom. The van der Waals surface area contributed by atoms with Gasteiger partial charge in [-0.1, -0.05) is 10.3 Å². The Kier molecular flexibility index (Phi) is 4.97. The first kappa shape index (κ1) is 16.9. The number of rotatable bonds is 7. The van der Waals surface area contributed by atoms with Crippen LogP contribution in [0, 0.1) is 27.7 Å². The lowest BCUT2D eigenvalue weighted by molar-refractivity contribution is 0.183. The smallest absolute Gasteiger partial charge is 0.417 e. The second-order valence-corrected chi connectivity index (χ2v) is 5.73. The van der Waals surface area contributed by atoms with Crippen molar-refractivity contribution in [1.82, 2.24) is 20.3 Å². The molecule has 0 radical (unpaired) electrons. The van der Waals surface area contributed by atoms with Gasteiger partial charge in [-0.25, -0.2) is 0 Å². The first-order chi connectivity index (χ1) is 12.0. The van der Waals surface area contributed by atoms with Crippen LogP contribution in [0.5, 0.6) is 11.8 Å². The van der Waals surface area contributed by atoms with E-state index in [1.807, 2.05) is 26.0 Å². The Labute approximate surface area is 145 Å². The summed E-state index contributed by atoms with van der Waals surface area (Å²) in [6.45, 7) is 8.47. The maximum Gasteiger partial charge on any atom is 0.417 e. The van der Waals surface area contributed by atoms with Gasteiger partial charge >= 0.3 is 6.08 Å². The summed E-state index contributed by atoms with van der Waals surface area (Å²) in [5.41, 5.74) is 2.95. The van der Waals surface area contributed by atoms with Gasteiger partial charge in [0.2, 0.25) is 11.7 Å². The topological polar surface area (TPSA) is 96.3 Å². The standard InChI is InChI=1S/C17H20N4O4/c1-10-8-14(16-19-13(4)24-21-16)9-11(2)15(10)22-6-5-7-23-17-18-12(3)20-25-17/h8-9H,5-7H2,1-4H3. The molecule has 0 unspecified atom stereocenters. The number of aryl methyl sites for hydroxylation is 4. The normalized spacial score (nSPS) is 10.9. The van der Waals surface area contributed by atoms with Crippen molar-refractivity contribution >= 4 is 0 Å². The highest BCUT2D eigenvalue weighted by Crippen LogP contribution is 2.29. The summed E-state index contributed by atoms with van der Waals surface area (Å²) < 4.78 is 21.2. The Morgan fingerprint density at radius 3 is 2.20 bits per heavy atom. The molecule has 3 aromatic rings. The van der Waals surface area contributed by atoms with Crippen molar-refractivity contribution in [3.05, 3.63) is 35.0 Å². The molecule has 2 heterocycles. The van der Waals surface area contributed by atoms with Crippen LogP contribution in [-0.4, -0.2) is 33.5 Å². The molecule has 3 rings (SSSR count). The predicted molar refractivity (Wildman–Crippen MR) is 88.6 cm³/mol. The fourth-order valence-corrected chi connectivity index (χ4v) is 2.45. The van der Waals surface area contributed by atoms with Crippen molar-refractivity contribution in [3.63, 3.8) is 0 Å². The van der Waals surface area contributed by atoms with Gasteiger partial charge < -0.3 is 14.0 Å². The minimum atomic E-state index is 0.185. The van der Waals surface area contributed by atoms with Crippen LogP contribution in [0.25, 0.3) is 11.4 Å². The Hall–Kier alpha value is -2.90. The summed E-state index contributed by atoms with van der Waals surface area (Å²) in [6, 6.07) is 3.98. The summed E-state index contributed by atoms with van der Waals surface area (Å²) in [5, 5.41) is 7.61. The van der Waals surface area contributed by atoms with E-state index in [-0.39, 0.29) is 6.08 Å². The first-order valence-corrected chi connectivity index (χ1v) is 8.01. The van der Waals surface area contributed by atoms with Crippen LogP contribution in [0.4, 0.5) is 0 Å². The second kappa shape index (κ2) is 7.33. The van der Waals surface area contributed by atoms with Crippen LogP contribution in [0.1, 0.15) is 29.3 Å². The molecule has 0 spiro atoms. The fourth-order valence-electron chi connectivity index (χ4n) is 2.45. The molecule has 0 aliphatic rings. The van der Waals surface area contributed by atoms with E-state index < -0.39 is 0 Å². The molecule has 0 aliphatic heterocycles. The van der Waals surface area contributed by atoms with Crippen molar-refractivity contribution in [1.29, 1.82) is 0 Å². The Bertz CT molecular complexity index is 833. The van der Waals surface area contributed by atoms with Gasteiger partial charge in [0, 0.05) is 18.9 Å². The molecular formula is C17H20N4O4. The number of hydrogen-bond acceptors (Lipinski definition) is 8. The number of aromatic nitrogens is 4. The third-order valence-corrected chi connectivity index (χ3v) is 3.52. The van der Waals surface area contributed by atoms with Crippen molar-refractivity contribution < 1.29 is 18.5 Å². The zero-order valence-corrected chi connectivity index (χ0v) is 14.7. The molecule has 0 bridgehead atoms. The van der Waals surface area contributed by atoms with Crippen LogP contribution in [-0.2, 0) is 0 Å². The predicted octanol–water partition coefficient (Wildman–Crippen LogP) is 3.20. The molecule has 0 amide bonds. The SMILES string of the molecule is Cc1noc(OCCCOc2c(C)cc(-c3noc(C)n3)cc2C)n1. The summed E-state index contributed by atoms with van der Waals surface area (Å²) in [4.78, 5) is 8.23. The van der Waals surface area contributed by atoms with Crippen LogP contribution >= 0.6 is 0 Å². The van der Waals surface area contributed by atoms with E-state index >= 15 is 0 Å². The molecule has 0 aliphatic carbocycles. The minimum absolute atomic E-state index is 0.185. The molecule has 0 N–H and O–H groups in total. The van der Waals surface area contributed by atoms with E-state index in [1.165, 1.54) is 0 Å². The van der Waals surface area contributed by atoms with Gasteiger partial charge in [-0.2, -0.15) is 9.97 Å². The van der Waals surface area contributed by atoms with Crippen molar-refractivity contribution in [2.75, 3.05) is 13.2 Å². The molecule has 0 saturated heterocycles. The van der Waals surface area contributed by atoms with Crippen molar-refractivity contribution in [3.8, 4) is 23.2 Å². The van der Waals surface area contributed by atoms with E-state index in [2.05, 4.69) is 20.3 Å². The van der Waals surface area contributed by atoms with Crippen molar-refractivity contribution in [2.45, 2.75) is 34.1 Å². The minimum Gasteiger partial charge on any atom is -0.493 e. The number of nitrogens with zero attached hydrogens (tertiary/aromatic N) is 4. The molecule has 0 fully saturated rings. The molecule has 8 nitrogen and oxygen atoms in total. The molecular weight excluding hydrogens is 324 g/mol. The summed E-state index contributed by atoms with van der Waals surface area (Å²) >= 11 is 0. The lowest BCUT2D eigenvalue weighted by atomic mass is 10.1. The average Bonchev–Trinajstić information content (AvgIpc) is 3.17. The fraction of sp³-hybridized carbons (Fsp3) is 0.412. The summed E-state index contributed by atoms with van der Waals surface area (Å²) in [5.74, 6) is 2.53. The van der Waals surface area contributed by atoms with Gasteiger partial charge in [0.1, 0.15) is 5.75 Å². The maximum absolute atomic E-state index is 5.90. The molecule has 8 heteroatoms. The summed E-state index contributed by atoms with van der Waals surface area (Å²) in [7, 11) is 0. The van der Waals surface area contributed by atoms with Gasteiger partial charge in [0.05, 0.1) is 13.2 Å². The maximum atomic E-state index is 5.90.